The van der Waals surface area contributed by atoms with Crippen LogP contribution in [0.1, 0.15) is 36.5 Å². The molecule has 0 aromatic heterocycles. The third kappa shape index (κ3) is 3.97. The van der Waals surface area contributed by atoms with E-state index in [1.807, 2.05) is 60.7 Å². The van der Waals surface area contributed by atoms with Gasteiger partial charge in [-0.15, -0.1) is 0 Å². The lowest BCUT2D eigenvalue weighted by molar-refractivity contribution is -0.148. The monoisotopic (exact) mass is 365 g/mol. The van der Waals surface area contributed by atoms with Crippen LogP contribution in [-0.4, -0.2) is 36.2 Å². The highest BCUT2D eigenvalue weighted by Gasteiger charge is 2.40. The molecule has 2 aromatic rings. The first-order valence-electron chi connectivity index (χ1n) is 9.45. The van der Waals surface area contributed by atoms with Crippen molar-refractivity contribution in [2.24, 2.45) is 5.92 Å². The van der Waals surface area contributed by atoms with Crippen LogP contribution in [0.4, 0.5) is 4.79 Å². The minimum atomic E-state index is -0.411. The van der Waals surface area contributed by atoms with Gasteiger partial charge in [0.1, 0.15) is 6.10 Å². The van der Waals surface area contributed by atoms with Gasteiger partial charge in [0.25, 0.3) is 0 Å². The van der Waals surface area contributed by atoms with Crippen molar-refractivity contribution in [2.75, 3.05) is 13.1 Å². The molecule has 140 valence electrons. The lowest BCUT2D eigenvalue weighted by Gasteiger charge is -2.27. The number of hydrogen-bond acceptors (Lipinski definition) is 4. The van der Waals surface area contributed by atoms with Crippen LogP contribution < -0.4 is 0 Å². The molecule has 2 atom stereocenters. The van der Waals surface area contributed by atoms with Gasteiger partial charge in [-0.25, -0.2) is 4.79 Å². The van der Waals surface area contributed by atoms with E-state index in [1.54, 1.807) is 4.90 Å². The summed E-state index contributed by atoms with van der Waals surface area (Å²) in [7, 11) is 0. The number of carbonyl (C=O) groups excluding carboxylic acids is 2. The standard InChI is InChI=1S/C22H23NO4/c24-20(12-11-16-13-14-23-15-19(16)26-22(23)25)27-21(17-7-3-1-4-8-17)18-9-5-2-6-10-18/h1-10,16,19,21H,11-15H2/t16-,19+/m1/s1. The summed E-state index contributed by atoms with van der Waals surface area (Å²) in [6.07, 6.45) is 1.17. The van der Waals surface area contributed by atoms with Gasteiger partial charge in [0.05, 0.1) is 6.54 Å². The first-order chi connectivity index (χ1) is 13.2. The quantitative estimate of drug-likeness (QED) is 0.728. The molecule has 2 bridgehead atoms. The van der Waals surface area contributed by atoms with Crippen LogP contribution in [0.3, 0.4) is 0 Å². The van der Waals surface area contributed by atoms with E-state index >= 15 is 0 Å². The minimum absolute atomic E-state index is 0.0851. The Morgan fingerprint density at radius 1 is 1.07 bits per heavy atom. The lowest BCUT2D eigenvalue weighted by Crippen LogP contribution is -2.36. The fourth-order valence-electron chi connectivity index (χ4n) is 3.88. The maximum Gasteiger partial charge on any atom is 0.410 e. The van der Waals surface area contributed by atoms with Crippen LogP contribution in [0, 0.1) is 5.92 Å². The molecule has 5 nitrogen and oxygen atoms in total. The number of fused-ring (bicyclic) bond motifs is 2. The molecule has 2 heterocycles. The number of ether oxygens (including phenoxy) is 2. The molecule has 27 heavy (non-hydrogen) atoms. The number of rotatable bonds is 6. The van der Waals surface area contributed by atoms with Crippen molar-refractivity contribution in [3.63, 3.8) is 0 Å². The van der Waals surface area contributed by atoms with Gasteiger partial charge in [0.15, 0.2) is 6.10 Å². The summed E-state index contributed by atoms with van der Waals surface area (Å²) in [6, 6.07) is 19.6. The zero-order chi connectivity index (χ0) is 18.6. The van der Waals surface area contributed by atoms with E-state index in [0.717, 1.165) is 17.5 Å². The minimum Gasteiger partial charge on any atom is -0.453 e. The van der Waals surface area contributed by atoms with E-state index in [-0.39, 0.29) is 24.1 Å². The largest absolute Gasteiger partial charge is 0.453 e. The molecule has 0 spiro atoms. The van der Waals surface area contributed by atoms with Crippen molar-refractivity contribution in [3.05, 3.63) is 71.8 Å². The van der Waals surface area contributed by atoms with Gasteiger partial charge in [-0.2, -0.15) is 0 Å². The Morgan fingerprint density at radius 3 is 2.33 bits per heavy atom. The van der Waals surface area contributed by atoms with E-state index in [2.05, 4.69) is 0 Å². The first-order valence-corrected chi connectivity index (χ1v) is 9.45. The van der Waals surface area contributed by atoms with E-state index in [4.69, 9.17) is 9.47 Å². The van der Waals surface area contributed by atoms with Crippen molar-refractivity contribution >= 4 is 12.1 Å². The molecule has 0 saturated carbocycles. The summed E-state index contributed by atoms with van der Waals surface area (Å²) in [5.74, 6) is 0.00612. The van der Waals surface area contributed by atoms with Gasteiger partial charge in [0, 0.05) is 18.9 Å². The smallest absolute Gasteiger partial charge is 0.410 e. The molecule has 2 aliphatic rings. The third-order valence-corrected chi connectivity index (χ3v) is 5.38. The molecule has 4 rings (SSSR count). The van der Waals surface area contributed by atoms with Gasteiger partial charge < -0.3 is 14.4 Å². The molecule has 2 fully saturated rings. The summed E-state index contributed by atoms with van der Waals surface area (Å²) in [5.41, 5.74) is 1.91. The summed E-state index contributed by atoms with van der Waals surface area (Å²) < 4.78 is 11.2. The Balaban J connectivity index is 1.39. The Labute approximate surface area is 158 Å². The molecule has 0 aliphatic carbocycles. The van der Waals surface area contributed by atoms with Crippen LogP contribution in [0.15, 0.2) is 60.7 Å². The second-order valence-corrected chi connectivity index (χ2v) is 7.15. The van der Waals surface area contributed by atoms with Crippen molar-refractivity contribution in [1.29, 1.82) is 0 Å². The molecular formula is C22H23NO4. The summed E-state index contributed by atoms with van der Waals surface area (Å²) >= 11 is 0. The maximum absolute atomic E-state index is 12.6. The first kappa shape index (κ1) is 17.6. The molecular weight excluding hydrogens is 342 g/mol. The Kier molecular flexibility index (Phi) is 5.10. The number of nitrogens with zero attached hydrogens (tertiary/aromatic N) is 1. The number of hydrogen-bond donors (Lipinski definition) is 0. The molecule has 2 aromatic carbocycles. The molecule has 1 amide bonds. The third-order valence-electron chi connectivity index (χ3n) is 5.38. The van der Waals surface area contributed by atoms with Gasteiger partial charge in [-0.05, 0) is 24.0 Å². The van der Waals surface area contributed by atoms with E-state index in [0.29, 0.717) is 25.9 Å². The van der Waals surface area contributed by atoms with Gasteiger partial charge in [-0.3, -0.25) is 4.79 Å². The van der Waals surface area contributed by atoms with Crippen LogP contribution in [0.2, 0.25) is 0 Å². The number of esters is 1. The zero-order valence-electron chi connectivity index (χ0n) is 15.1. The number of amides is 1. The lowest BCUT2D eigenvalue weighted by atomic mass is 9.90. The molecule has 2 saturated heterocycles. The second kappa shape index (κ2) is 7.82. The van der Waals surface area contributed by atoms with Gasteiger partial charge in [0.2, 0.25) is 0 Å². The van der Waals surface area contributed by atoms with Crippen molar-refractivity contribution in [2.45, 2.75) is 31.5 Å². The normalized spacial score (nSPS) is 21.2. The molecule has 2 aliphatic heterocycles. The predicted molar refractivity (Wildman–Crippen MR) is 100 cm³/mol. The summed E-state index contributed by atoms with van der Waals surface area (Å²) in [5, 5.41) is 0. The van der Waals surface area contributed by atoms with Crippen LogP contribution in [-0.2, 0) is 14.3 Å². The predicted octanol–water partition coefficient (Wildman–Crippen LogP) is 3.94. The van der Waals surface area contributed by atoms with Gasteiger partial charge >= 0.3 is 12.1 Å². The number of benzene rings is 2. The Morgan fingerprint density at radius 2 is 1.70 bits per heavy atom. The topological polar surface area (TPSA) is 55.8 Å². The van der Waals surface area contributed by atoms with Crippen molar-refractivity contribution < 1.29 is 19.1 Å². The highest BCUT2D eigenvalue weighted by Crippen LogP contribution is 2.31. The fraction of sp³-hybridized carbons (Fsp3) is 0.364. The average molecular weight is 365 g/mol. The SMILES string of the molecule is O=C(CC[C@@H]1CCN2C[C@@H]1OC2=O)OC(c1ccccc1)c1ccccc1. The van der Waals surface area contributed by atoms with Crippen LogP contribution in [0.25, 0.3) is 0 Å². The summed E-state index contributed by atoms with van der Waals surface area (Å²) in [6.45, 7) is 1.36. The van der Waals surface area contributed by atoms with Crippen LogP contribution in [0.5, 0.6) is 0 Å². The summed E-state index contributed by atoms with van der Waals surface area (Å²) in [4.78, 5) is 25.9. The molecule has 0 radical (unpaired) electrons. The molecule has 0 unspecified atom stereocenters. The van der Waals surface area contributed by atoms with E-state index in [1.165, 1.54) is 0 Å². The maximum atomic E-state index is 12.6. The Hall–Kier alpha value is -2.82. The fourth-order valence-corrected chi connectivity index (χ4v) is 3.88. The second-order valence-electron chi connectivity index (χ2n) is 7.15. The van der Waals surface area contributed by atoms with E-state index < -0.39 is 6.10 Å². The van der Waals surface area contributed by atoms with Crippen molar-refractivity contribution in [1.82, 2.24) is 4.90 Å². The van der Waals surface area contributed by atoms with Gasteiger partial charge in [-0.1, -0.05) is 60.7 Å². The average Bonchev–Trinajstić information content (AvgIpc) is 3.01. The van der Waals surface area contributed by atoms with Crippen LogP contribution >= 0.6 is 0 Å². The highest BCUT2D eigenvalue weighted by atomic mass is 16.6. The highest BCUT2D eigenvalue weighted by molar-refractivity contribution is 5.71. The number of piperidine rings is 1. The van der Waals surface area contributed by atoms with Crippen molar-refractivity contribution in [3.8, 4) is 0 Å². The molecule has 5 heteroatoms. The Bertz CT molecular complexity index is 753. The number of carbonyl (C=O) groups is 2. The van der Waals surface area contributed by atoms with E-state index in [9.17, 15) is 9.59 Å². The zero-order valence-corrected chi connectivity index (χ0v) is 15.1. The molecule has 0 N–H and O–H groups in total.